The fraction of sp³-hybridized carbons (Fsp3) is 0.0588. The van der Waals surface area contributed by atoms with Crippen molar-refractivity contribution in [2.45, 2.75) is 0 Å². The topological polar surface area (TPSA) is 37.6 Å². The average molecular weight is 312 g/mol. The van der Waals surface area contributed by atoms with E-state index in [2.05, 4.69) is 4.98 Å². The molecule has 0 unspecified atom stereocenters. The fourth-order valence-electron chi connectivity index (χ4n) is 2.18. The molecule has 3 aromatic rings. The van der Waals surface area contributed by atoms with Gasteiger partial charge in [-0.3, -0.25) is 9.20 Å². The van der Waals surface area contributed by atoms with Gasteiger partial charge in [-0.15, -0.1) is 0 Å². The summed E-state index contributed by atoms with van der Waals surface area (Å²) in [7, 11) is 1.73. The van der Waals surface area contributed by atoms with E-state index in [0.717, 1.165) is 11.3 Å². The largest absolute Gasteiger partial charge is 0.312 e. The van der Waals surface area contributed by atoms with Crippen molar-refractivity contribution < 1.29 is 4.79 Å². The maximum absolute atomic E-state index is 12.3. The third kappa shape index (κ3) is 2.73. The number of anilines is 1. The molecule has 2 aromatic heterocycles. The molecule has 0 fully saturated rings. The highest BCUT2D eigenvalue weighted by Gasteiger charge is 2.10. The number of imidazole rings is 1. The van der Waals surface area contributed by atoms with Crippen LogP contribution in [-0.4, -0.2) is 22.3 Å². The van der Waals surface area contributed by atoms with Crippen molar-refractivity contribution >= 4 is 34.9 Å². The Labute approximate surface area is 133 Å². The molecule has 2 heterocycles. The number of fused-ring (bicyclic) bond motifs is 1. The summed E-state index contributed by atoms with van der Waals surface area (Å²) < 4.78 is 1.84. The van der Waals surface area contributed by atoms with Crippen molar-refractivity contribution in [3.05, 3.63) is 71.7 Å². The van der Waals surface area contributed by atoms with Gasteiger partial charge in [-0.25, -0.2) is 4.98 Å². The van der Waals surface area contributed by atoms with Crippen molar-refractivity contribution in [2.24, 2.45) is 0 Å². The summed E-state index contributed by atoms with van der Waals surface area (Å²) in [6, 6.07) is 15.1. The number of carbonyl (C=O) groups is 1. The molecular weight excluding hydrogens is 298 g/mol. The quantitative estimate of drug-likeness (QED) is 0.692. The number of nitrogens with zero attached hydrogens (tertiary/aromatic N) is 3. The highest BCUT2D eigenvalue weighted by atomic mass is 35.5. The monoisotopic (exact) mass is 311 g/mol. The van der Waals surface area contributed by atoms with Gasteiger partial charge < -0.3 is 4.90 Å². The van der Waals surface area contributed by atoms with Crippen LogP contribution in [0.3, 0.4) is 0 Å². The van der Waals surface area contributed by atoms with E-state index in [1.165, 1.54) is 6.08 Å². The zero-order valence-electron chi connectivity index (χ0n) is 12.0. The molecule has 110 valence electrons. The number of para-hydroxylation sites is 1. The predicted molar refractivity (Wildman–Crippen MR) is 89.1 cm³/mol. The minimum absolute atomic E-state index is 0.131. The van der Waals surface area contributed by atoms with E-state index in [1.807, 2.05) is 59.1 Å². The van der Waals surface area contributed by atoms with Crippen LogP contribution in [0.15, 0.2) is 60.8 Å². The van der Waals surface area contributed by atoms with Crippen LogP contribution in [0.5, 0.6) is 0 Å². The second kappa shape index (κ2) is 6.03. The Kier molecular flexibility index (Phi) is 3.94. The molecule has 4 nitrogen and oxygen atoms in total. The lowest BCUT2D eigenvalue weighted by atomic mass is 10.3. The minimum Gasteiger partial charge on any atom is -0.312 e. The number of likely N-dealkylation sites (N-methyl/N-ethyl adjacent to an activating group) is 1. The molecule has 1 amide bonds. The normalized spacial score (nSPS) is 11.2. The van der Waals surface area contributed by atoms with Gasteiger partial charge in [-0.05, 0) is 30.3 Å². The summed E-state index contributed by atoms with van der Waals surface area (Å²) in [5.74, 6) is -0.131. The van der Waals surface area contributed by atoms with E-state index < -0.39 is 0 Å². The number of aromatic nitrogens is 2. The lowest BCUT2D eigenvalue weighted by Gasteiger charge is -2.14. The third-order valence-corrected chi connectivity index (χ3v) is 3.66. The van der Waals surface area contributed by atoms with Crippen molar-refractivity contribution in [3.8, 4) is 0 Å². The molecule has 1 aromatic carbocycles. The first kappa shape index (κ1) is 14.4. The van der Waals surface area contributed by atoms with Crippen molar-refractivity contribution in [3.63, 3.8) is 0 Å². The summed E-state index contributed by atoms with van der Waals surface area (Å²) in [6.45, 7) is 0. The standard InChI is InChI=1S/C17H14ClN3O/c1-20(13-7-3-2-4-8-13)16(22)11-10-14-17(18)19-15-9-5-6-12-21(14)15/h2-12H,1H3. The SMILES string of the molecule is CN(C(=O)C=Cc1c(Cl)nc2ccccn12)c1ccccc1. The van der Waals surface area contributed by atoms with Gasteiger partial charge in [-0.1, -0.05) is 35.9 Å². The fourth-order valence-corrected chi connectivity index (χ4v) is 2.42. The van der Waals surface area contributed by atoms with E-state index in [0.29, 0.717) is 10.8 Å². The average Bonchev–Trinajstić information content (AvgIpc) is 2.88. The van der Waals surface area contributed by atoms with Crippen LogP contribution in [0.4, 0.5) is 5.69 Å². The van der Waals surface area contributed by atoms with Crippen LogP contribution >= 0.6 is 11.6 Å². The first-order valence-electron chi connectivity index (χ1n) is 6.80. The molecule has 0 saturated heterocycles. The second-order valence-electron chi connectivity index (χ2n) is 4.78. The maximum atomic E-state index is 12.3. The Morgan fingerprint density at radius 1 is 1.18 bits per heavy atom. The Morgan fingerprint density at radius 2 is 1.91 bits per heavy atom. The Balaban J connectivity index is 1.87. The van der Waals surface area contributed by atoms with Crippen molar-refractivity contribution in [1.82, 2.24) is 9.38 Å². The molecule has 0 bridgehead atoms. The van der Waals surface area contributed by atoms with Gasteiger partial charge >= 0.3 is 0 Å². The molecule has 0 saturated carbocycles. The molecule has 22 heavy (non-hydrogen) atoms. The molecule has 3 rings (SSSR count). The lowest BCUT2D eigenvalue weighted by molar-refractivity contribution is -0.113. The number of hydrogen-bond donors (Lipinski definition) is 0. The molecule has 0 spiro atoms. The van der Waals surface area contributed by atoms with E-state index in [9.17, 15) is 4.79 Å². The third-order valence-electron chi connectivity index (χ3n) is 3.38. The molecule has 0 atom stereocenters. The Bertz CT molecular complexity index is 839. The molecule has 0 aliphatic carbocycles. The van der Waals surface area contributed by atoms with Crippen LogP contribution in [0.1, 0.15) is 5.69 Å². The number of hydrogen-bond acceptors (Lipinski definition) is 2. The molecule has 0 N–H and O–H groups in total. The number of halogens is 1. The summed E-state index contributed by atoms with van der Waals surface area (Å²) in [4.78, 5) is 18.1. The Morgan fingerprint density at radius 3 is 2.68 bits per heavy atom. The van der Waals surface area contributed by atoms with Crippen LogP contribution < -0.4 is 4.90 Å². The first-order valence-corrected chi connectivity index (χ1v) is 7.18. The lowest BCUT2D eigenvalue weighted by Crippen LogP contribution is -2.23. The number of amides is 1. The van der Waals surface area contributed by atoms with E-state index in [4.69, 9.17) is 11.6 Å². The van der Waals surface area contributed by atoms with Crippen molar-refractivity contribution in [2.75, 3.05) is 11.9 Å². The van der Waals surface area contributed by atoms with Gasteiger partial charge in [0.15, 0.2) is 5.15 Å². The Hall–Kier alpha value is -2.59. The summed E-state index contributed by atoms with van der Waals surface area (Å²) in [6.07, 6.45) is 5.04. The van der Waals surface area contributed by atoms with Gasteiger partial charge in [0.05, 0.1) is 5.69 Å². The van der Waals surface area contributed by atoms with E-state index in [-0.39, 0.29) is 5.91 Å². The van der Waals surface area contributed by atoms with Gasteiger partial charge in [0, 0.05) is 25.0 Å². The van der Waals surface area contributed by atoms with E-state index in [1.54, 1.807) is 18.0 Å². The number of pyridine rings is 1. The van der Waals surface area contributed by atoms with Crippen LogP contribution in [0.2, 0.25) is 5.15 Å². The molecule has 0 aliphatic rings. The summed E-state index contributed by atoms with van der Waals surface area (Å²) in [5, 5.41) is 0.373. The summed E-state index contributed by atoms with van der Waals surface area (Å²) in [5.41, 5.74) is 2.27. The maximum Gasteiger partial charge on any atom is 0.250 e. The molecular formula is C17H14ClN3O. The molecule has 0 radical (unpaired) electrons. The predicted octanol–water partition coefficient (Wildman–Crippen LogP) is 3.66. The number of benzene rings is 1. The smallest absolute Gasteiger partial charge is 0.250 e. The molecule has 0 aliphatic heterocycles. The van der Waals surface area contributed by atoms with Crippen LogP contribution in [0, 0.1) is 0 Å². The highest BCUT2D eigenvalue weighted by Crippen LogP contribution is 2.19. The zero-order valence-corrected chi connectivity index (χ0v) is 12.7. The highest BCUT2D eigenvalue weighted by molar-refractivity contribution is 6.31. The van der Waals surface area contributed by atoms with Gasteiger partial charge in [-0.2, -0.15) is 0 Å². The second-order valence-corrected chi connectivity index (χ2v) is 5.14. The number of carbonyl (C=O) groups excluding carboxylic acids is 1. The van der Waals surface area contributed by atoms with Gasteiger partial charge in [0.1, 0.15) is 5.65 Å². The molecule has 5 heteroatoms. The van der Waals surface area contributed by atoms with Crippen LogP contribution in [-0.2, 0) is 4.79 Å². The van der Waals surface area contributed by atoms with E-state index >= 15 is 0 Å². The number of rotatable bonds is 3. The van der Waals surface area contributed by atoms with Gasteiger partial charge in [0.2, 0.25) is 0 Å². The van der Waals surface area contributed by atoms with Crippen LogP contribution in [0.25, 0.3) is 11.7 Å². The minimum atomic E-state index is -0.131. The zero-order chi connectivity index (χ0) is 15.5. The summed E-state index contributed by atoms with van der Waals surface area (Å²) >= 11 is 6.14. The van der Waals surface area contributed by atoms with Gasteiger partial charge in [0.25, 0.3) is 5.91 Å². The van der Waals surface area contributed by atoms with Crippen molar-refractivity contribution in [1.29, 1.82) is 0 Å². The first-order chi connectivity index (χ1) is 10.7.